The zero-order valence-corrected chi connectivity index (χ0v) is 42.4. The molecule has 12 heteroatoms. The molecule has 0 aliphatic heterocycles. The van der Waals surface area contributed by atoms with Crippen molar-refractivity contribution in [2.75, 3.05) is 13.2 Å². The van der Waals surface area contributed by atoms with Crippen LogP contribution in [0.25, 0.3) is 0 Å². The molecule has 0 unspecified atom stereocenters. The van der Waals surface area contributed by atoms with Gasteiger partial charge in [-0.2, -0.15) is 0 Å². The van der Waals surface area contributed by atoms with Gasteiger partial charge in [0.15, 0.2) is 0 Å². The molecule has 58 heavy (non-hydrogen) atoms. The third-order valence-corrected chi connectivity index (χ3v) is 10.4. The molecule has 4 N–H and O–H groups in total. The fourth-order valence-electron chi connectivity index (χ4n) is 6.64. The molecule has 0 bridgehead atoms. The Morgan fingerprint density at radius 1 is 0.379 bits per heavy atom. The second-order valence-corrected chi connectivity index (χ2v) is 16.0. The molecule has 0 spiro atoms. The Kier molecular flexibility index (Phi) is 58.8. The molecule has 0 saturated carbocycles. The van der Waals surface area contributed by atoms with E-state index in [0.717, 1.165) is 25.7 Å². The van der Waals surface area contributed by atoms with Crippen LogP contribution >= 0.6 is 0 Å². The number of ether oxygens (including phenoxy) is 2. The number of carboxylic acids is 2. The number of nitrogens with two attached hydrogens (primary N) is 2. The number of carboxylic acid groups (broad SMARTS) is 2. The summed E-state index contributed by atoms with van der Waals surface area (Å²) in [6.45, 7) is 5.27. The monoisotopic (exact) mass is 843 g/mol. The van der Waals surface area contributed by atoms with Gasteiger partial charge in [0, 0.05) is 11.9 Å². The van der Waals surface area contributed by atoms with Gasteiger partial charge in [-0.25, -0.2) is 0 Å². The summed E-state index contributed by atoms with van der Waals surface area (Å²) in [7, 11) is 0. The Bertz CT molecular complexity index is 830. The zero-order chi connectivity index (χ0) is 41.7. The number of hydrogen-bond acceptors (Lipinski definition) is 10. The molecule has 0 aromatic rings. The Hall–Kier alpha value is -0.200. The molecule has 0 amide bonds. The average molecular weight is 843 g/mol. The summed E-state index contributed by atoms with van der Waals surface area (Å²) in [6.07, 6.45) is 41.5. The van der Waals surface area contributed by atoms with Crippen LogP contribution in [0.3, 0.4) is 0 Å². The number of esters is 2. The molecule has 0 heterocycles. The number of unbranched alkanes of at least 4 members (excludes halogenated alkanes) is 30. The minimum absolute atomic E-state index is 0. The Labute approximate surface area is 400 Å². The first-order valence-corrected chi connectivity index (χ1v) is 23.4. The van der Waals surface area contributed by atoms with Gasteiger partial charge in [0.05, 0.1) is 13.2 Å². The topological polar surface area (TPSA) is 185 Å². The summed E-state index contributed by atoms with van der Waals surface area (Å²) in [5, 5.41) is 20.7. The summed E-state index contributed by atoms with van der Waals surface area (Å²) in [6, 6.07) is -1.72. The molecule has 0 aromatic heterocycles. The summed E-state index contributed by atoms with van der Waals surface area (Å²) in [5.41, 5.74) is 11.1. The third kappa shape index (κ3) is 53.8. The Morgan fingerprint density at radius 3 is 0.759 bits per heavy atom. The van der Waals surface area contributed by atoms with E-state index in [-0.39, 0.29) is 84.8 Å². The third-order valence-electron chi connectivity index (χ3n) is 10.4. The van der Waals surface area contributed by atoms with E-state index < -0.39 is 36.0 Å². The predicted molar refractivity (Wildman–Crippen MR) is 225 cm³/mol. The number of carbonyl (C=O) groups excluding carboxylic acids is 4. The maximum atomic E-state index is 11.6. The van der Waals surface area contributed by atoms with Crippen LogP contribution in [0.5, 0.6) is 0 Å². The van der Waals surface area contributed by atoms with Crippen LogP contribution in [-0.2, 0) is 28.7 Å². The molecule has 0 aliphatic carbocycles. The molecule has 2 atom stereocenters. The van der Waals surface area contributed by atoms with Crippen molar-refractivity contribution in [1.29, 1.82) is 0 Å². The molecular weight excluding hydrogens is 754 g/mol. The van der Waals surface area contributed by atoms with Crippen molar-refractivity contribution >= 4 is 23.9 Å². The second kappa shape index (κ2) is 52.9. The zero-order valence-electron chi connectivity index (χ0n) is 38.4. The fourth-order valence-corrected chi connectivity index (χ4v) is 6.64. The van der Waals surface area contributed by atoms with Crippen molar-refractivity contribution in [1.82, 2.24) is 0 Å². The standard InChI is InChI=1S/2C23H45NO4.2Na/c2*1-2-3-4-5-6-7-8-9-10-11-12-13-14-15-16-17-20-28-23(27)21(24)18-19-22(25)26;;/h2*21H,2-20,24H2,1H3,(H,25,26);;/q;;2*+1/p-2/t2*21-;;/m00../s1. The van der Waals surface area contributed by atoms with E-state index in [1.807, 2.05) is 0 Å². The first kappa shape index (κ1) is 64.4. The number of carbonyl (C=O) groups is 4. The fraction of sp³-hybridized carbons (Fsp3) is 0.913. The predicted octanol–water partition coefficient (Wildman–Crippen LogP) is 3.31. The van der Waals surface area contributed by atoms with Crippen LogP contribution in [0, 0.1) is 0 Å². The van der Waals surface area contributed by atoms with E-state index in [9.17, 15) is 29.4 Å². The van der Waals surface area contributed by atoms with Crippen molar-refractivity contribution < 1.29 is 98.0 Å². The molecule has 0 rings (SSSR count). The van der Waals surface area contributed by atoms with E-state index in [2.05, 4.69) is 13.8 Å². The second-order valence-electron chi connectivity index (χ2n) is 16.0. The van der Waals surface area contributed by atoms with Gasteiger partial charge >= 0.3 is 71.1 Å². The number of hydrogen-bond donors (Lipinski definition) is 2. The maximum absolute atomic E-state index is 11.6. The Balaban J connectivity index is -0.000000486. The Morgan fingerprint density at radius 2 is 0.569 bits per heavy atom. The van der Waals surface area contributed by atoms with E-state index in [1.54, 1.807) is 0 Å². The van der Waals surface area contributed by atoms with Crippen LogP contribution < -0.4 is 80.8 Å². The van der Waals surface area contributed by atoms with Gasteiger partial charge in [0.2, 0.25) is 0 Å². The van der Waals surface area contributed by atoms with Gasteiger partial charge in [-0.15, -0.1) is 0 Å². The van der Waals surface area contributed by atoms with E-state index in [1.165, 1.54) is 180 Å². The summed E-state index contributed by atoms with van der Waals surface area (Å²) < 4.78 is 10.2. The van der Waals surface area contributed by atoms with Crippen molar-refractivity contribution in [3.8, 4) is 0 Å². The molecule has 0 radical (unpaired) electrons. The molecule has 0 fully saturated rings. The minimum atomic E-state index is -1.19. The van der Waals surface area contributed by atoms with Crippen LogP contribution in [0.2, 0.25) is 0 Å². The van der Waals surface area contributed by atoms with Crippen LogP contribution in [0.1, 0.15) is 245 Å². The minimum Gasteiger partial charge on any atom is -0.550 e. The number of rotatable bonds is 42. The van der Waals surface area contributed by atoms with Gasteiger partial charge in [-0.1, -0.05) is 206 Å². The summed E-state index contributed by atoms with van der Waals surface area (Å²) in [5.74, 6) is -3.41. The van der Waals surface area contributed by atoms with Gasteiger partial charge in [-0.3, -0.25) is 9.59 Å². The molecular formula is C46H88N2Na2O8. The number of aliphatic carboxylic acids is 2. The van der Waals surface area contributed by atoms with Crippen molar-refractivity contribution in [3.63, 3.8) is 0 Å². The summed E-state index contributed by atoms with van der Waals surface area (Å²) >= 11 is 0. The molecule has 10 nitrogen and oxygen atoms in total. The smallest absolute Gasteiger partial charge is 0.550 e. The molecule has 0 saturated heterocycles. The van der Waals surface area contributed by atoms with Gasteiger partial charge < -0.3 is 40.7 Å². The molecule has 332 valence electrons. The van der Waals surface area contributed by atoms with Gasteiger partial charge in [0.1, 0.15) is 12.1 Å². The summed E-state index contributed by atoms with van der Waals surface area (Å²) in [4.78, 5) is 43.8. The van der Waals surface area contributed by atoms with Crippen molar-refractivity contribution in [3.05, 3.63) is 0 Å². The van der Waals surface area contributed by atoms with Gasteiger partial charge in [-0.05, 0) is 38.5 Å². The normalized spacial score (nSPS) is 11.7. The molecule has 0 aromatic carbocycles. The van der Waals surface area contributed by atoms with Crippen LogP contribution in [0.4, 0.5) is 0 Å². The first-order valence-electron chi connectivity index (χ1n) is 23.4. The molecule has 0 aliphatic rings. The quantitative estimate of drug-likeness (QED) is 0.0525. The van der Waals surface area contributed by atoms with Gasteiger partial charge in [0.25, 0.3) is 0 Å². The van der Waals surface area contributed by atoms with E-state index in [4.69, 9.17) is 20.9 Å². The van der Waals surface area contributed by atoms with Crippen molar-refractivity contribution in [2.24, 2.45) is 11.5 Å². The largest absolute Gasteiger partial charge is 1.00 e. The first-order chi connectivity index (χ1) is 27.1. The van der Waals surface area contributed by atoms with E-state index in [0.29, 0.717) is 13.2 Å². The average Bonchev–Trinajstić information content (AvgIpc) is 3.18. The van der Waals surface area contributed by atoms with Crippen LogP contribution in [0.15, 0.2) is 0 Å². The van der Waals surface area contributed by atoms with Crippen LogP contribution in [-0.4, -0.2) is 49.2 Å². The SMILES string of the molecule is CCCCCCCCCCCCCCCCCCOC(=O)[C@@H](N)CCC(=O)[O-].CCCCCCCCCCCCCCCCCCOC(=O)[C@@H](N)CCC(=O)[O-].[Na+].[Na+]. The van der Waals surface area contributed by atoms with E-state index >= 15 is 0 Å². The maximum Gasteiger partial charge on any atom is 1.00 e. The van der Waals surface area contributed by atoms with Crippen molar-refractivity contribution in [2.45, 2.75) is 257 Å².